The first kappa shape index (κ1) is 67.3. The summed E-state index contributed by atoms with van der Waals surface area (Å²) < 4.78 is 83.7. The molecule has 8 aliphatic rings. The molecule has 4 aliphatic heterocycles. The number of carbonyl (C=O) groups excluding carboxylic acids is 4. The molecule has 2 saturated carbocycles. The van der Waals surface area contributed by atoms with Crippen LogP contribution in [0.1, 0.15) is 161 Å². The van der Waals surface area contributed by atoms with E-state index >= 15 is 0 Å². The number of halogens is 2. The van der Waals surface area contributed by atoms with Crippen LogP contribution in [0.25, 0.3) is 0 Å². The number of amides is 4. The molecule has 22 heteroatoms. The molecule has 92 heavy (non-hydrogen) atoms. The van der Waals surface area contributed by atoms with Crippen LogP contribution in [0.5, 0.6) is 11.5 Å². The molecule has 0 unspecified atom stereocenters. The van der Waals surface area contributed by atoms with Crippen molar-refractivity contribution in [1.29, 1.82) is 0 Å². The zero-order valence-corrected chi connectivity index (χ0v) is 56.2. The van der Waals surface area contributed by atoms with E-state index in [1.807, 2.05) is 36.4 Å². The van der Waals surface area contributed by atoms with Crippen LogP contribution in [0.2, 0.25) is 10.0 Å². The van der Waals surface area contributed by atoms with Gasteiger partial charge < -0.3 is 40.2 Å². The second-order valence-corrected chi connectivity index (χ2v) is 31.7. The number of nitrogens with two attached hydrogens (primary N) is 2. The second kappa shape index (κ2) is 28.0. The van der Waals surface area contributed by atoms with Crippen molar-refractivity contribution in [2.75, 3.05) is 49.2 Å². The van der Waals surface area contributed by atoms with Crippen LogP contribution >= 0.6 is 23.2 Å². The third-order valence-corrected chi connectivity index (χ3v) is 25.4. The van der Waals surface area contributed by atoms with Gasteiger partial charge in [0.1, 0.15) is 23.7 Å². The number of sulfonamides is 2. The van der Waals surface area contributed by atoms with E-state index in [4.69, 9.17) is 53.6 Å². The minimum Gasteiger partial charge on any atom is -0.490 e. The molecule has 12 atom stereocenters. The Kier molecular flexibility index (Phi) is 20.5. The average Bonchev–Trinajstić information content (AvgIpc) is 1.48. The van der Waals surface area contributed by atoms with Crippen LogP contribution in [0.15, 0.2) is 97.1 Å². The number of aryl methyl sites for hydroxylation is 2. The molecule has 4 heterocycles. The lowest BCUT2D eigenvalue weighted by atomic mass is 9.68. The first-order valence-corrected chi connectivity index (χ1v) is 36.8. The summed E-state index contributed by atoms with van der Waals surface area (Å²) in [5, 5.41) is -0.0446. The molecular formula is C70H88Cl2N6O12S2. The highest BCUT2D eigenvalue weighted by Gasteiger charge is 2.48. The van der Waals surface area contributed by atoms with Crippen LogP contribution in [0, 0.1) is 23.7 Å². The van der Waals surface area contributed by atoms with Gasteiger partial charge in [-0.3, -0.25) is 19.2 Å². The summed E-state index contributed by atoms with van der Waals surface area (Å²) in [6.45, 7) is 10.6. The first-order valence-electron chi connectivity index (χ1n) is 33.0. The van der Waals surface area contributed by atoms with Crippen molar-refractivity contribution < 1.29 is 55.0 Å². The Labute approximate surface area is 551 Å². The summed E-state index contributed by atoms with van der Waals surface area (Å²) in [6, 6.07) is 22.7. The zero-order valence-electron chi connectivity index (χ0n) is 53.1. The van der Waals surface area contributed by atoms with Crippen molar-refractivity contribution in [1.82, 2.24) is 9.44 Å². The fourth-order valence-corrected chi connectivity index (χ4v) is 18.7. The van der Waals surface area contributed by atoms with E-state index in [2.05, 4.69) is 43.5 Å². The van der Waals surface area contributed by atoms with E-state index in [9.17, 15) is 36.0 Å². The van der Waals surface area contributed by atoms with E-state index < -0.39 is 66.4 Å². The third-order valence-electron chi connectivity index (χ3n) is 21.0. The molecule has 0 radical (unpaired) electrons. The maximum atomic E-state index is 13.4. The van der Waals surface area contributed by atoms with E-state index in [0.29, 0.717) is 89.4 Å². The van der Waals surface area contributed by atoms with E-state index in [-0.39, 0.29) is 57.8 Å². The van der Waals surface area contributed by atoms with Crippen LogP contribution in [0.3, 0.4) is 0 Å². The van der Waals surface area contributed by atoms with E-state index in [1.165, 1.54) is 22.3 Å². The van der Waals surface area contributed by atoms with Gasteiger partial charge in [0.05, 0.1) is 47.3 Å². The number of rotatable bonds is 8. The number of fused-ring (bicyclic) bond motifs is 8. The molecule has 0 saturated heterocycles. The van der Waals surface area contributed by atoms with Gasteiger partial charge in [-0.2, -0.15) is 0 Å². The molecule has 2 fully saturated rings. The molecule has 12 rings (SSSR count). The minimum absolute atomic E-state index is 0.143. The van der Waals surface area contributed by atoms with Crippen LogP contribution in [-0.2, 0) is 62.8 Å². The smallest absolute Gasteiger partial charge is 0.264 e. The quantitative estimate of drug-likeness (QED) is 0.120. The van der Waals surface area contributed by atoms with Gasteiger partial charge in [0.2, 0.25) is 31.9 Å². The van der Waals surface area contributed by atoms with Gasteiger partial charge in [-0.1, -0.05) is 73.5 Å². The lowest BCUT2D eigenvalue weighted by molar-refractivity contribution is -0.135. The fraction of sp³-hybridized carbons (Fsp3) is 0.543. The van der Waals surface area contributed by atoms with Gasteiger partial charge in [0, 0.05) is 58.2 Å². The van der Waals surface area contributed by atoms with Gasteiger partial charge in [0.15, 0.2) is 0 Å². The number of nitrogens with one attached hydrogen (secondary N) is 2. The summed E-state index contributed by atoms with van der Waals surface area (Å²) >= 11 is 12.8. The largest absolute Gasteiger partial charge is 0.490 e. The van der Waals surface area contributed by atoms with Crippen LogP contribution in [0.4, 0.5) is 11.4 Å². The Morgan fingerprint density at radius 2 is 1.02 bits per heavy atom. The van der Waals surface area contributed by atoms with Gasteiger partial charge in [-0.15, -0.1) is 0 Å². The number of hydrogen-bond acceptors (Lipinski definition) is 14. The molecule has 4 aromatic carbocycles. The van der Waals surface area contributed by atoms with E-state index in [0.717, 1.165) is 85.6 Å². The molecule has 2 spiro atoms. The molecule has 6 N–H and O–H groups in total. The number of allylic oxidation sites excluding steroid dienone is 2. The van der Waals surface area contributed by atoms with Gasteiger partial charge in [-0.05, 0) is 223 Å². The lowest BCUT2D eigenvalue weighted by Gasteiger charge is -2.46. The Bertz CT molecular complexity index is 3500. The van der Waals surface area contributed by atoms with Gasteiger partial charge in [0.25, 0.3) is 11.8 Å². The maximum Gasteiger partial charge on any atom is 0.264 e. The number of anilines is 2. The fourth-order valence-electron chi connectivity index (χ4n) is 15.5. The van der Waals surface area contributed by atoms with Crippen molar-refractivity contribution in [2.24, 2.45) is 35.1 Å². The second-order valence-electron chi connectivity index (χ2n) is 26.9. The highest BCUT2D eigenvalue weighted by Crippen LogP contribution is 2.50. The zero-order chi connectivity index (χ0) is 65.3. The van der Waals surface area contributed by atoms with E-state index in [1.54, 1.807) is 64.1 Å². The Hall–Kier alpha value is -6.16. The summed E-state index contributed by atoms with van der Waals surface area (Å²) in [7, 11) is -7.87. The average molecular weight is 1340 g/mol. The number of ether oxygens (including phenoxy) is 4. The highest BCUT2D eigenvalue weighted by atomic mass is 35.5. The topological polar surface area (TPSA) is 256 Å². The number of nitrogens with zero attached hydrogens (tertiary/aromatic N) is 2. The lowest BCUT2D eigenvalue weighted by Crippen LogP contribution is -2.50. The van der Waals surface area contributed by atoms with Crippen LogP contribution in [-0.4, -0.2) is 115 Å². The van der Waals surface area contributed by atoms with Crippen molar-refractivity contribution in [2.45, 2.75) is 176 Å². The summed E-state index contributed by atoms with van der Waals surface area (Å²) in [5.41, 5.74) is 17.6. The number of hydrogen-bond donors (Lipinski definition) is 4. The molecule has 4 bridgehead atoms. The molecule has 4 amide bonds. The third kappa shape index (κ3) is 14.4. The molecule has 4 aromatic rings. The summed E-state index contributed by atoms with van der Waals surface area (Å²) in [6.07, 6.45) is 17.7. The number of benzene rings is 4. The van der Waals surface area contributed by atoms with Gasteiger partial charge in [-0.25, -0.2) is 26.3 Å². The molecule has 4 aliphatic carbocycles. The molecule has 0 aromatic heterocycles. The Balaban J connectivity index is 0.000000188. The van der Waals surface area contributed by atoms with Crippen LogP contribution < -0.4 is 40.2 Å². The standard InChI is InChI=1S/2C35H44ClN3O6S/c2*1-3-27-8-4-5-9-31(45-22(2)33(37)40)28-13-10-25(28)19-39-20-35(16-6-7-23-17-26(36)12-14-29(23)35)21-44-32-15-11-24(18-30(32)39)34(41)38-46(27,42)43/h2*5,9,11-12,14-15,17-18,22,25,27-28,31H,3-4,6-8,10,13,16,19-21H2,1-2H3,(H2,37,40)(H,38,41)/b2*9-5+/t22-,25+,27-,28-,31+,35+;22-,25-,27+,28+,31-,35-/m10/s1. The predicted octanol–water partition coefficient (Wildman–Crippen LogP) is 10.6. The van der Waals surface area contributed by atoms with Crippen molar-refractivity contribution in [3.63, 3.8) is 0 Å². The maximum absolute atomic E-state index is 13.4. The summed E-state index contributed by atoms with van der Waals surface area (Å²) in [4.78, 5) is 55.6. The Morgan fingerprint density at radius 1 is 0.609 bits per heavy atom. The first-order chi connectivity index (χ1) is 44.0. The van der Waals surface area contributed by atoms with Crippen molar-refractivity contribution in [3.8, 4) is 11.5 Å². The highest BCUT2D eigenvalue weighted by molar-refractivity contribution is 7.91. The van der Waals surface area contributed by atoms with Crippen molar-refractivity contribution in [3.05, 3.63) is 141 Å². The molecule has 496 valence electrons. The number of primary amides is 2. The predicted molar refractivity (Wildman–Crippen MR) is 358 cm³/mol. The summed E-state index contributed by atoms with van der Waals surface area (Å²) in [5.74, 6) is -0.214. The van der Waals surface area contributed by atoms with Gasteiger partial charge >= 0.3 is 0 Å². The van der Waals surface area contributed by atoms with Crippen molar-refractivity contribution >= 4 is 78.3 Å². The number of carbonyl (C=O) groups is 4. The molecular weight excluding hydrogens is 1250 g/mol. The minimum atomic E-state index is -3.93. The monoisotopic (exact) mass is 1340 g/mol. The Morgan fingerprint density at radius 3 is 1.39 bits per heavy atom. The molecule has 18 nitrogen and oxygen atoms in total. The SMILES string of the molecule is CC[C@@H]1CC/C=C/[C@H](O[C@@H](C)C(N)=O)[C@@H]2CC[C@H]2CN2C[C@@]3(CCCc4cc(Cl)ccc43)COc3ccc(cc32)C(=O)NS1(=O)=O.CC[C@@H]1CC/C=C/[C@H](O[C@H](C)C(N)=O)[C@@H]2CC[C@H]2CN2C[C@@]3(CCCc4cc(Cl)ccc43)COc3ccc(cc32)C(=O)NS1(=O)=O. The normalized spacial score (nSPS) is 30.4.